The molecule has 19 heavy (non-hydrogen) atoms. The minimum atomic E-state index is -0.229. The van der Waals surface area contributed by atoms with Crippen LogP contribution in [0.4, 0.5) is 4.39 Å². The maximum absolute atomic E-state index is 12.9. The van der Waals surface area contributed by atoms with E-state index in [1.165, 1.54) is 12.1 Å². The normalized spacial score (nSPS) is 17.3. The van der Waals surface area contributed by atoms with E-state index >= 15 is 0 Å². The number of hydrogen-bond donors (Lipinski definition) is 0. The molecule has 2 aromatic carbocycles. The summed E-state index contributed by atoms with van der Waals surface area (Å²) in [5, 5.41) is 0. The van der Waals surface area contributed by atoms with Gasteiger partial charge in [0.25, 0.3) is 0 Å². The van der Waals surface area contributed by atoms with E-state index in [1.807, 2.05) is 18.2 Å². The van der Waals surface area contributed by atoms with Gasteiger partial charge in [-0.3, -0.25) is 0 Å². The van der Waals surface area contributed by atoms with Gasteiger partial charge in [-0.1, -0.05) is 18.2 Å². The Morgan fingerprint density at radius 2 is 1.84 bits per heavy atom. The molecule has 1 unspecified atom stereocenters. The molecule has 1 heterocycles. The van der Waals surface area contributed by atoms with E-state index in [0.29, 0.717) is 6.61 Å². The summed E-state index contributed by atoms with van der Waals surface area (Å²) in [7, 11) is 0. The summed E-state index contributed by atoms with van der Waals surface area (Å²) in [5.74, 6) is 0.563. The zero-order chi connectivity index (χ0) is 13.2. The Balaban J connectivity index is 1.79. The average molecular weight is 323 g/mol. The summed E-state index contributed by atoms with van der Waals surface area (Å²) in [6, 6.07) is 12.3. The molecule has 0 aliphatic carbocycles. The summed E-state index contributed by atoms with van der Waals surface area (Å²) in [6.07, 6.45) is 0.240. The Labute approximate surface area is 119 Å². The van der Waals surface area contributed by atoms with E-state index in [2.05, 4.69) is 15.9 Å². The summed E-state index contributed by atoms with van der Waals surface area (Å²) < 4.78 is 24.5. The first kappa shape index (κ1) is 12.6. The van der Waals surface area contributed by atoms with Gasteiger partial charge in [-0.25, -0.2) is 4.39 Å². The highest BCUT2D eigenvalue weighted by atomic mass is 79.9. The smallest absolute Gasteiger partial charge is 0.133 e. The number of benzene rings is 2. The third-order valence-corrected chi connectivity index (χ3v) is 3.56. The number of ether oxygens (including phenoxy) is 2. The van der Waals surface area contributed by atoms with Gasteiger partial charge in [0, 0.05) is 0 Å². The lowest BCUT2D eigenvalue weighted by Crippen LogP contribution is -2.04. The predicted molar refractivity (Wildman–Crippen MR) is 74.8 cm³/mol. The molecule has 3 rings (SSSR count). The van der Waals surface area contributed by atoms with Gasteiger partial charge in [-0.2, -0.15) is 0 Å². The van der Waals surface area contributed by atoms with Crippen molar-refractivity contribution in [3.05, 3.63) is 52.8 Å². The number of epoxide rings is 1. The van der Waals surface area contributed by atoms with Gasteiger partial charge in [0.15, 0.2) is 0 Å². The molecule has 1 aliphatic heterocycles. The molecule has 98 valence electrons. The molecule has 2 aromatic rings. The van der Waals surface area contributed by atoms with Gasteiger partial charge < -0.3 is 9.47 Å². The van der Waals surface area contributed by atoms with Crippen molar-refractivity contribution in [2.75, 3.05) is 13.2 Å². The van der Waals surface area contributed by atoms with Crippen molar-refractivity contribution in [1.82, 2.24) is 0 Å². The van der Waals surface area contributed by atoms with Crippen LogP contribution < -0.4 is 4.74 Å². The SMILES string of the molecule is Fc1ccc(-c2ccc(OCC3CO3)c(Br)c2)cc1. The quantitative estimate of drug-likeness (QED) is 0.793. The fourth-order valence-corrected chi connectivity index (χ4v) is 2.28. The molecule has 0 saturated carbocycles. The van der Waals surface area contributed by atoms with E-state index in [1.54, 1.807) is 12.1 Å². The second kappa shape index (κ2) is 5.31. The highest BCUT2D eigenvalue weighted by molar-refractivity contribution is 9.10. The van der Waals surface area contributed by atoms with Crippen molar-refractivity contribution in [3.8, 4) is 16.9 Å². The molecule has 0 amide bonds. The molecule has 2 nitrogen and oxygen atoms in total. The first-order chi connectivity index (χ1) is 9.22. The Hall–Kier alpha value is -1.39. The van der Waals surface area contributed by atoms with Crippen molar-refractivity contribution >= 4 is 15.9 Å². The first-order valence-electron chi connectivity index (χ1n) is 6.02. The van der Waals surface area contributed by atoms with Crippen molar-refractivity contribution in [2.24, 2.45) is 0 Å². The van der Waals surface area contributed by atoms with E-state index in [0.717, 1.165) is 28.0 Å². The van der Waals surface area contributed by atoms with Gasteiger partial charge in [0.2, 0.25) is 0 Å². The maximum Gasteiger partial charge on any atom is 0.133 e. The lowest BCUT2D eigenvalue weighted by molar-refractivity contribution is 0.262. The van der Waals surface area contributed by atoms with Gasteiger partial charge in [-0.15, -0.1) is 0 Å². The predicted octanol–water partition coefficient (Wildman–Crippen LogP) is 4.03. The Morgan fingerprint density at radius 1 is 1.16 bits per heavy atom. The topological polar surface area (TPSA) is 21.8 Å². The third kappa shape index (κ3) is 3.14. The standard InChI is InChI=1S/C15H12BrFO2/c16-14-7-11(10-1-4-12(17)5-2-10)3-6-15(14)19-9-13-8-18-13/h1-7,13H,8-9H2. The molecule has 1 fully saturated rings. The van der Waals surface area contributed by atoms with Crippen LogP contribution in [0.15, 0.2) is 46.9 Å². The molecule has 1 aliphatic rings. The minimum absolute atomic E-state index is 0.229. The minimum Gasteiger partial charge on any atom is -0.490 e. The van der Waals surface area contributed by atoms with Crippen molar-refractivity contribution < 1.29 is 13.9 Å². The average Bonchev–Trinajstić information content (AvgIpc) is 3.22. The van der Waals surface area contributed by atoms with Gasteiger partial charge in [0.05, 0.1) is 11.1 Å². The van der Waals surface area contributed by atoms with Crippen LogP contribution >= 0.6 is 15.9 Å². The molecule has 1 atom stereocenters. The number of halogens is 2. The van der Waals surface area contributed by atoms with Gasteiger partial charge in [0.1, 0.15) is 24.3 Å². The van der Waals surface area contributed by atoms with Crippen LogP contribution in [0.3, 0.4) is 0 Å². The zero-order valence-electron chi connectivity index (χ0n) is 10.1. The van der Waals surface area contributed by atoms with Crippen molar-refractivity contribution in [1.29, 1.82) is 0 Å². The monoisotopic (exact) mass is 322 g/mol. The van der Waals surface area contributed by atoms with Crippen LogP contribution in [0.2, 0.25) is 0 Å². The van der Waals surface area contributed by atoms with Gasteiger partial charge >= 0.3 is 0 Å². The van der Waals surface area contributed by atoms with Crippen LogP contribution in [-0.2, 0) is 4.74 Å². The second-order valence-electron chi connectivity index (χ2n) is 4.42. The zero-order valence-corrected chi connectivity index (χ0v) is 11.7. The molecule has 0 bridgehead atoms. The van der Waals surface area contributed by atoms with Crippen LogP contribution in [0.5, 0.6) is 5.75 Å². The van der Waals surface area contributed by atoms with Crippen molar-refractivity contribution in [2.45, 2.75) is 6.10 Å². The van der Waals surface area contributed by atoms with Crippen LogP contribution in [-0.4, -0.2) is 19.3 Å². The summed E-state index contributed by atoms with van der Waals surface area (Å²) >= 11 is 3.49. The summed E-state index contributed by atoms with van der Waals surface area (Å²) in [6.45, 7) is 1.36. The fourth-order valence-electron chi connectivity index (χ4n) is 1.79. The number of rotatable bonds is 4. The van der Waals surface area contributed by atoms with Crippen LogP contribution in [0.1, 0.15) is 0 Å². The van der Waals surface area contributed by atoms with Gasteiger partial charge in [-0.05, 0) is 51.3 Å². The molecule has 0 radical (unpaired) electrons. The molecule has 1 saturated heterocycles. The van der Waals surface area contributed by atoms with Crippen molar-refractivity contribution in [3.63, 3.8) is 0 Å². The Kier molecular flexibility index (Phi) is 3.53. The van der Waals surface area contributed by atoms with E-state index in [9.17, 15) is 4.39 Å². The summed E-state index contributed by atoms with van der Waals surface area (Å²) in [4.78, 5) is 0. The lowest BCUT2D eigenvalue weighted by atomic mass is 10.1. The van der Waals surface area contributed by atoms with E-state index in [4.69, 9.17) is 9.47 Å². The molecular formula is C15H12BrFO2. The largest absolute Gasteiger partial charge is 0.490 e. The van der Waals surface area contributed by atoms with E-state index < -0.39 is 0 Å². The molecule has 0 N–H and O–H groups in total. The summed E-state index contributed by atoms with van der Waals surface area (Å²) in [5.41, 5.74) is 1.99. The van der Waals surface area contributed by atoms with E-state index in [-0.39, 0.29) is 11.9 Å². The highest BCUT2D eigenvalue weighted by Crippen LogP contribution is 2.31. The first-order valence-corrected chi connectivity index (χ1v) is 6.81. The Bertz CT molecular complexity index is 579. The molecule has 0 spiro atoms. The lowest BCUT2D eigenvalue weighted by Gasteiger charge is -2.09. The van der Waals surface area contributed by atoms with Crippen LogP contribution in [0, 0.1) is 5.82 Å². The Morgan fingerprint density at radius 3 is 2.47 bits per heavy atom. The number of hydrogen-bond acceptors (Lipinski definition) is 2. The second-order valence-corrected chi connectivity index (χ2v) is 5.27. The van der Waals surface area contributed by atoms with Crippen LogP contribution in [0.25, 0.3) is 11.1 Å². The molecular weight excluding hydrogens is 311 g/mol. The highest BCUT2D eigenvalue weighted by Gasteiger charge is 2.23. The maximum atomic E-state index is 12.9. The molecule has 4 heteroatoms. The molecule has 0 aromatic heterocycles. The fraction of sp³-hybridized carbons (Fsp3) is 0.200. The third-order valence-electron chi connectivity index (χ3n) is 2.94.